The summed E-state index contributed by atoms with van der Waals surface area (Å²) < 4.78 is 18.6. The molecule has 0 saturated heterocycles. The molecule has 1 aliphatic rings. The van der Waals surface area contributed by atoms with Crippen LogP contribution in [0.2, 0.25) is 0 Å². The number of nitrogens with zero attached hydrogens (tertiary/aromatic N) is 2. The van der Waals surface area contributed by atoms with Gasteiger partial charge in [-0.2, -0.15) is 5.26 Å². The number of carbonyl (C=O) groups excluding carboxylic acids is 1. The molecular formula is C11H9FN2O2. The van der Waals surface area contributed by atoms with Crippen LogP contribution >= 0.6 is 0 Å². The van der Waals surface area contributed by atoms with Crippen molar-refractivity contribution in [1.82, 2.24) is 4.90 Å². The van der Waals surface area contributed by atoms with Crippen LogP contribution in [0.5, 0.6) is 5.75 Å². The molecule has 16 heavy (non-hydrogen) atoms. The number of ether oxygens (including phenoxy) is 1. The number of rotatable bonds is 1. The molecule has 0 radical (unpaired) electrons. The van der Waals surface area contributed by atoms with Gasteiger partial charge in [-0.25, -0.2) is 4.39 Å². The maximum absolute atomic E-state index is 13.6. The molecule has 5 heteroatoms. The zero-order valence-corrected chi connectivity index (χ0v) is 8.82. The largest absolute Gasteiger partial charge is 0.496 e. The van der Waals surface area contributed by atoms with E-state index in [0.717, 1.165) is 0 Å². The van der Waals surface area contributed by atoms with Crippen molar-refractivity contribution in [2.45, 2.75) is 6.04 Å². The topological polar surface area (TPSA) is 53.3 Å². The number of carbonyl (C=O) groups is 1. The van der Waals surface area contributed by atoms with Gasteiger partial charge < -0.3 is 9.64 Å². The van der Waals surface area contributed by atoms with Crippen LogP contribution < -0.4 is 4.74 Å². The third-order valence-electron chi connectivity index (χ3n) is 2.69. The van der Waals surface area contributed by atoms with Gasteiger partial charge in [-0.05, 0) is 12.1 Å². The van der Waals surface area contributed by atoms with Gasteiger partial charge >= 0.3 is 0 Å². The van der Waals surface area contributed by atoms with Gasteiger partial charge in [-0.15, -0.1) is 0 Å². The third-order valence-corrected chi connectivity index (χ3v) is 2.69. The number of amides is 1. The monoisotopic (exact) mass is 220 g/mol. The van der Waals surface area contributed by atoms with E-state index in [2.05, 4.69) is 0 Å². The van der Waals surface area contributed by atoms with Gasteiger partial charge in [-0.3, -0.25) is 4.79 Å². The summed E-state index contributed by atoms with van der Waals surface area (Å²) in [6.07, 6.45) is 0. The zero-order chi connectivity index (χ0) is 11.9. The fourth-order valence-electron chi connectivity index (χ4n) is 1.87. The molecule has 0 N–H and O–H groups in total. The highest BCUT2D eigenvalue weighted by Gasteiger charge is 2.39. The van der Waals surface area contributed by atoms with Crippen molar-refractivity contribution in [3.63, 3.8) is 0 Å². The number of hydrogen-bond donors (Lipinski definition) is 0. The zero-order valence-electron chi connectivity index (χ0n) is 8.82. The number of hydrogen-bond acceptors (Lipinski definition) is 3. The molecule has 0 saturated carbocycles. The molecule has 1 aliphatic heterocycles. The normalized spacial score (nSPS) is 18.2. The Hall–Kier alpha value is -2.09. The Labute approximate surface area is 91.8 Å². The van der Waals surface area contributed by atoms with Crippen LogP contribution in [0.4, 0.5) is 4.39 Å². The quantitative estimate of drug-likeness (QED) is 0.720. The molecule has 1 heterocycles. The number of fused-ring (bicyclic) bond motifs is 1. The van der Waals surface area contributed by atoms with E-state index in [1.807, 2.05) is 6.07 Å². The fourth-order valence-corrected chi connectivity index (χ4v) is 1.87. The molecule has 1 amide bonds. The van der Waals surface area contributed by atoms with Crippen molar-refractivity contribution in [1.29, 1.82) is 5.26 Å². The predicted molar refractivity (Wildman–Crippen MR) is 53.4 cm³/mol. The highest BCUT2D eigenvalue weighted by atomic mass is 19.1. The molecule has 1 atom stereocenters. The number of halogens is 1. The minimum absolute atomic E-state index is 0.106. The van der Waals surface area contributed by atoms with Gasteiger partial charge in [0.05, 0.1) is 18.7 Å². The fraction of sp³-hybridized carbons (Fsp3) is 0.273. The first-order valence-corrected chi connectivity index (χ1v) is 4.65. The average molecular weight is 220 g/mol. The van der Waals surface area contributed by atoms with Gasteiger partial charge in [-0.1, -0.05) is 0 Å². The molecule has 1 unspecified atom stereocenters. The first-order valence-electron chi connectivity index (χ1n) is 4.65. The van der Waals surface area contributed by atoms with Crippen molar-refractivity contribution >= 4 is 5.91 Å². The maximum Gasteiger partial charge on any atom is 0.259 e. The molecule has 0 aromatic heterocycles. The minimum Gasteiger partial charge on any atom is -0.496 e. The smallest absolute Gasteiger partial charge is 0.259 e. The van der Waals surface area contributed by atoms with Crippen LogP contribution in [0.15, 0.2) is 12.1 Å². The van der Waals surface area contributed by atoms with Gasteiger partial charge in [0.15, 0.2) is 0 Å². The van der Waals surface area contributed by atoms with E-state index in [-0.39, 0.29) is 11.1 Å². The summed E-state index contributed by atoms with van der Waals surface area (Å²) in [6.45, 7) is 0. The summed E-state index contributed by atoms with van der Waals surface area (Å²) in [5.74, 6) is -0.649. The standard InChI is InChI=1S/C11H9FN2O2/c1-14-7(5-13)9-6(12)3-4-8(16-2)10(9)11(14)15/h3-4,7H,1-2H3. The molecule has 82 valence electrons. The SMILES string of the molecule is COc1ccc(F)c2c1C(=O)N(C)C2C#N. The molecule has 2 rings (SSSR count). The first-order chi connectivity index (χ1) is 7.61. The molecule has 1 aromatic rings. The number of benzene rings is 1. The average Bonchev–Trinajstić information content (AvgIpc) is 2.54. The van der Waals surface area contributed by atoms with Crippen molar-refractivity contribution in [3.8, 4) is 11.8 Å². The van der Waals surface area contributed by atoms with Gasteiger partial charge in [0, 0.05) is 12.6 Å². The summed E-state index contributed by atoms with van der Waals surface area (Å²) in [4.78, 5) is 13.0. The van der Waals surface area contributed by atoms with Crippen LogP contribution in [0, 0.1) is 17.1 Å². The van der Waals surface area contributed by atoms with E-state index in [4.69, 9.17) is 10.00 Å². The summed E-state index contributed by atoms with van der Waals surface area (Å²) in [5.41, 5.74) is 0.255. The summed E-state index contributed by atoms with van der Waals surface area (Å²) in [7, 11) is 2.87. The lowest BCUT2D eigenvalue weighted by Gasteiger charge is -2.12. The third kappa shape index (κ3) is 1.16. The van der Waals surface area contributed by atoms with E-state index in [9.17, 15) is 9.18 Å². The molecule has 0 aliphatic carbocycles. The van der Waals surface area contributed by atoms with Crippen LogP contribution in [0.1, 0.15) is 22.0 Å². The lowest BCUT2D eigenvalue weighted by molar-refractivity contribution is 0.0797. The van der Waals surface area contributed by atoms with E-state index in [1.165, 1.54) is 31.2 Å². The van der Waals surface area contributed by atoms with Crippen LogP contribution in [-0.4, -0.2) is 25.0 Å². The number of nitriles is 1. The summed E-state index contributed by atoms with van der Waals surface area (Å²) in [5, 5.41) is 8.94. The van der Waals surface area contributed by atoms with Gasteiger partial charge in [0.2, 0.25) is 0 Å². The Morgan fingerprint density at radius 3 is 2.81 bits per heavy atom. The Morgan fingerprint density at radius 1 is 1.56 bits per heavy atom. The second-order valence-corrected chi connectivity index (χ2v) is 3.49. The first kappa shape index (κ1) is 10.4. The van der Waals surface area contributed by atoms with Crippen LogP contribution in [0.3, 0.4) is 0 Å². The van der Waals surface area contributed by atoms with E-state index in [1.54, 1.807) is 0 Å². The predicted octanol–water partition coefficient (Wildman–Crippen LogP) is 1.48. The van der Waals surface area contributed by atoms with E-state index >= 15 is 0 Å². The van der Waals surface area contributed by atoms with Crippen molar-refractivity contribution in [2.24, 2.45) is 0 Å². The van der Waals surface area contributed by atoms with Crippen molar-refractivity contribution in [2.75, 3.05) is 14.2 Å². The van der Waals surface area contributed by atoms with E-state index < -0.39 is 17.8 Å². The Bertz CT molecular complexity index is 507. The highest BCUT2D eigenvalue weighted by Crippen LogP contribution is 2.38. The van der Waals surface area contributed by atoms with E-state index in [0.29, 0.717) is 5.75 Å². The molecule has 0 fully saturated rings. The molecule has 0 spiro atoms. The number of methoxy groups -OCH3 is 1. The summed E-state index contributed by atoms with van der Waals surface area (Å²) in [6, 6.07) is 3.62. The molecular weight excluding hydrogens is 211 g/mol. The Kier molecular flexibility index (Phi) is 2.27. The lowest BCUT2D eigenvalue weighted by atomic mass is 10.0. The lowest BCUT2D eigenvalue weighted by Crippen LogP contribution is -2.22. The van der Waals surface area contributed by atoms with Gasteiger partial charge in [0.25, 0.3) is 5.91 Å². The Morgan fingerprint density at radius 2 is 2.25 bits per heavy atom. The van der Waals surface area contributed by atoms with Crippen molar-refractivity contribution < 1.29 is 13.9 Å². The second kappa shape index (κ2) is 3.49. The van der Waals surface area contributed by atoms with Gasteiger partial charge in [0.1, 0.15) is 17.6 Å². The second-order valence-electron chi connectivity index (χ2n) is 3.49. The molecule has 4 nitrogen and oxygen atoms in total. The minimum atomic E-state index is -0.877. The van der Waals surface area contributed by atoms with Crippen molar-refractivity contribution in [3.05, 3.63) is 29.1 Å². The summed E-state index contributed by atoms with van der Waals surface area (Å²) >= 11 is 0. The van der Waals surface area contributed by atoms with Crippen LogP contribution in [0.25, 0.3) is 0 Å². The molecule has 1 aromatic carbocycles. The molecule has 0 bridgehead atoms. The maximum atomic E-state index is 13.6. The Balaban J connectivity index is 2.74. The highest BCUT2D eigenvalue weighted by molar-refractivity contribution is 6.02. The van der Waals surface area contributed by atoms with Crippen LogP contribution in [-0.2, 0) is 0 Å².